The van der Waals surface area contributed by atoms with E-state index in [0.717, 1.165) is 0 Å². The molecule has 19 heavy (non-hydrogen) atoms. The van der Waals surface area contributed by atoms with Gasteiger partial charge in [-0.3, -0.25) is 0 Å². The van der Waals surface area contributed by atoms with Gasteiger partial charge in [-0.2, -0.15) is 0 Å². The van der Waals surface area contributed by atoms with Crippen LogP contribution in [0.25, 0.3) is 0 Å². The van der Waals surface area contributed by atoms with Gasteiger partial charge >= 0.3 is 0 Å². The van der Waals surface area contributed by atoms with Gasteiger partial charge in [0, 0.05) is 0 Å². The van der Waals surface area contributed by atoms with Crippen LogP contribution in [0, 0.1) is 19.3 Å². The number of hydrogen-bond acceptors (Lipinski definition) is 1. The molecule has 0 saturated heterocycles. The Balaban J connectivity index is 0.00000154. The van der Waals surface area contributed by atoms with Crippen molar-refractivity contribution < 1.29 is 4.79 Å². The molecule has 0 spiro atoms. The molecule has 0 bridgehead atoms. The molecule has 0 aromatic heterocycles. The Hall–Kier alpha value is -1.11. The fraction of sp³-hybridized carbons (Fsp3) is 0.611. The third-order valence-electron chi connectivity index (χ3n) is 3.99. The zero-order valence-corrected chi connectivity index (χ0v) is 13.8. The zero-order chi connectivity index (χ0) is 15.3. The molecular formula is C18H30O. The van der Waals surface area contributed by atoms with Crippen molar-refractivity contribution in [1.82, 2.24) is 0 Å². The Kier molecular flexibility index (Phi) is 6.48. The van der Waals surface area contributed by atoms with Gasteiger partial charge in [0.2, 0.25) is 0 Å². The molecule has 0 aliphatic rings. The van der Waals surface area contributed by atoms with E-state index in [-0.39, 0.29) is 5.41 Å². The van der Waals surface area contributed by atoms with Crippen molar-refractivity contribution in [3.63, 3.8) is 0 Å². The van der Waals surface area contributed by atoms with Crippen LogP contribution in [0.4, 0.5) is 0 Å². The van der Waals surface area contributed by atoms with Crippen molar-refractivity contribution in [2.24, 2.45) is 5.41 Å². The lowest BCUT2D eigenvalue weighted by Gasteiger charge is -2.36. The third-order valence-corrected chi connectivity index (χ3v) is 3.99. The summed E-state index contributed by atoms with van der Waals surface area (Å²) in [5.74, 6) is 0. The van der Waals surface area contributed by atoms with E-state index in [9.17, 15) is 0 Å². The SMILES string of the molecule is C=O.CCC(C)(C)CC(C)(C)c1ccc(C)cc1C. The second-order valence-corrected chi connectivity index (χ2v) is 6.90. The highest BCUT2D eigenvalue weighted by Gasteiger charge is 2.29. The van der Waals surface area contributed by atoms with Crippen LogP contribution in [-0.4, -0.2) is 6.79 Å². The van der Waals surface area contributed by atoms with Crippen LogP contribution in [0.3, 0.4) is 0 Å². The molecule has 1 aromatic rings. The number of rotatable bonds is 4. The first-order valence-corrected chi connectivity index (χ1v) is 7.04. The van der Waals surface area contributed by atoms with Crippen molar-refractivity contribution in [2.75, 3.05) is 0 Å². The number of carbonyl (C=O) groups excluding carboxylic acids is 1. The molecule has 0 radical (unpaired) electrons. The fourth-order valence-corrected chi connectivity index (χ4v) is 2.99. The molecule has 0 heterocycles. The molecule has 0 saturated carbocycles. The van der Waals surface area contributed by atoms with E-state index >= 15 is 0 Å². The molecule has 0 atom stereocenters. The summed E-state index contributed by atoms with van der Waals surface area (Å²) in [5.41, 5.74) is 4.97. The molecule has 1 rings (SSSR count). The van der Waals surface area contributed by atoms with Crippen molar-refractivity contribution in [3.8, 4) is 0 Å². The highest BCUT2D eigenvalue weighted by molar-refractivity contribution is 5.35. The highest BCUT2D eigenvalue weighted by Crippen LogP contribution is 2.39. The average Bonchev–Trinajstić information content (AvgIpc) is 2.29. The van der Waals surface area contributed by atoms with Gasteiger partial charge in [-0.1, -0.05) is 64.8 Å². The summed E-state index contributed by atoms with van der Waals surface area (Å²) >= 11 is 0. The lowest BCUT2D eigenvalue weighted by molar-refractivity contribution is -0.0979. The molecule has 1 heteroatoms. The third kappa shape index (κ3) is 5.18. The number of benzene rings is 1. The van der Waals surface area contributed by atoms with Crippen LogP contribution in [0.5, 0.6) is 0 Å². The summed E-state index contributed by atoms with van der Waals surface area (Å²) in [6.07, 6.45) is 2.47. The van der Waals surface area contributed by atoms with Gasteiger partial charge < -0.3 is 4.79 Å². The Bertz CT molecular complexity index is 402. The van der Waals surface area contributed by atoms with Crippen LogP contribution in [0.2, 0.25) is 0 Å². The smallest absolute Gasteiger partial charge is 0.106 e. The van der Waals surface area contributed by atoms with Gasteiger partial charge in [-0.15, -0.1) is 0 Å². The van der Waals surface area contributed by atoms with Gasteiger partial charge in [-0.25, -0.2) is 0 Å². The first-order valence-electron chi connectivity index (χ1n) is 7.04. The summed E-state index contributed by atoms with van der Waals surface area (Å²) in [5, 5.41) is 0. The molecule has 0 fully saturated rings. The largest absolute Gasteiger partial charge is 0.307 e. The van der Waals surface area contributed by atoms with E-state index in [1.807, 2.05) is 6.79 Å². The molecule has 1 aromatic carbocycles. The van der Waals surface area contributed by atoms with Crippen LogP contribution >= 0.6 is 0 Å². The molecule has 0 aliphatic heterocycles. The van der Waals surface area contributed by atoms with Crippen molar-refractivity contribution in [2.45, 2.75) is 66.7 Å². The molecule has 1 nitrogen and oxygen atoms in total. The minimum atomic E-state index is 0.261. The molecule has 0 amide bonds. The van der Waals surface area contributed by atoms with Crippen molar-refractivity contribution in [1.29, 1.82) is 0 Å². The normalized spacial score (nSPS) is 11.7. The van der Waals surface area contributed by atoms with E-state index in [1.165, 1.54) is 29.5 Å². The van der Waals surface area contributed by atoms with E-state index in [2.05, 4.69) is 66.7 Å². The molecule has 0 aliphatic carbocycles. The minimum absolute atomic E-state index is 0.261. The zero-order valence-electron chi connectivity index (χ0n) is 13.8. The summed E-state index contributed by atoms with van der Waals surface area (Å²) in [6.45, 7) is 18.2. The number of carbonyl (C=O) groups is 1. The fourth-order valence-electron chi connectivity index (χ4n) is 2.99. The maximum atomic E-state index is 8.00. The van der Waals surface area contributed by atoms with E-state index in [4.69, 9.17) is 4.79 Å². The van der Waals surface area contributed by atoms with E-state index in [1.54, 1.807) is 0 Å². The summed E-state index contributed by atoms with van der Waals surface area (Å²) in [4.78, 5) is 8.00. The summed E-state index contributed by atoms with van der Waals surface area (Å²) in [6, 6.07) is 6.86. The van der Waals surface area contributed by atoms with E-state index in [0.29, 0.717) is 5.41 Å². The van der Waals surface area contributed by atoms with Crippen molar-refractivity contribution >= 4 is 6.79 Å². The van der Waals surface area contributed by atoms with Crippen molar-refractivity contribution in [3.05, 3.63) is 34.9 Å². The van der Waals surface area contributed by atoms with Gasteiger partial charge in [0.25, 0.3) is 0 Å². The Morgan fingerprint density at radius 1 is 1.05 bits per heavy atom. The van der Waals surface area contributed by atoms with E-state index < -0.39 is 0 Å². The lowest BCUT2D eigenvalue weighted by Crippen LogP contribution is -2.27. The van der Waals surface area contributed by atoms with Crippen LogP contribution < -0.4 is 0 Å². The van der Waals surface area contributed by atoms with Crippen LogP contribution in [-0.2, 0) is 10.2 Å². The predicted octanol–water partition coefficient (Wildman–Crippen LogP) is 5.22. The Morgan fingerprint density at radius 3 is 2.00 bits per heavy atom. The molecule has 0 N–H and O–H groups in total. The molecule has 0 unspecified atom stereocenters. The van der Waals surface area contributed by atoms with Gasteiger partial charge in [0.05, 0.1) is 0 Å². The maximum Gasteiger partial charge on any atom is 0.106 e. The predicted molar refractivity (Wildman–Crippen MR) is 84.8 cm³/mol. The molecule has 108 valence electrons. The number of hydrogen-bond donors (Lipinski definition) is 0. The number of aryl methyl sites for hydroxylation is 2. The lowest BCUT2D eigenvalue weighted by atomic mass is 9.69. The average molecular weight is 262 g/mol. The minimum Gasteiger partial charge on any atom is -0.307 e. The second-order valence-electron chi connectivity index (χ2n) is 6.90. The maximum absolute atomic E-state index is 8.00. The Labute approximate surface area is 119 Å². The summed E-state index contributed by atoms with van der Waals surface area (Å²) < 4.78 is 0. The standard InChI is InChI=1S/C17H28.CH2O/c1-8-16(4,5)12-17(6,7)15-10-9-13(2)11-14(15)3;1-2/h9-11H,8,12H2,1-7H3;1H2. The van der Waals surface area contributed by atoms with Crippen LogP contribution in [0.15, 0.2) is 18.2 Å². The topological polar surface area (TPSA) is 17.1 Å². The van der Waals surface area contributed by atoms with Gasteiger partial charge in [0.15, 0.2) is 0 Å². The quantitative estimate of drug-likeness (QED) is 0.727. The first kappa shape index (κ1) is 17.9. The monoisotopic (exact) mass is 262 g/mol. The van der Waals surface area contributed by atoms with Gasteiger partial charge in [-0.05, 0) is 42.2 Å². The van der Waals surface area contributed by atoms with Gasteiger partial charge in [0.1, 0.15) is 6.79 Å². The Morgan fingerprint density at radius 2 is 1.58 bits per heavy atom. The molecular weight excluding hydrogens is 232 g/mol. The second kappa shape index (κ2) is 6.88. The highest BCUT2D eigenvalue weighted by atomic mass is 16.1. The summed E-state index contributed by atoms with van der Waals surface area (Å²) in [7, 11) is 0. The first-order chi connectivity index (χ1) is 8.68. The van der Waals surface area contributed by atoms with Crippen LogP contribution in [0.1, 0.15) is 64.2 Å².